The summed E-state index contributed by atoms with van der Waals surface area (Å²) in [5.74, 6) is 0.0726. The number of nitrogens with zero attached hydrogens (tertiary/aromatic N) is 1. The van der Waals surface area contributed by atoms with Crippen molar-refractivity contribution in [2.75, 3.05) is 0 Å². The van der Waals surface area contributed by atoms with Crippen LogP contribution >= 0.6 is 15.9 Å². The molecule has 0 atom stereocenters. The summed E-state index contributed by atoms with van der Waals surface area (Å²) < 4.78 is 1.12. The molecular formula is C29H30BrNO. The lowest BCUT2D eigenvalue weighted by Gasteiger charge is -2.17. The number of carbonyl (C=O) groups is 1. The van der Waals surface area contributed by atoms with Crippen molar-refractivity contribution in [3.63, 3.8) is 0 Å². The van der Waals surface area contributed by atoms with E-state index in [9.17, 15) is 4.79 Å². The molecule has 0 N–H and O–H groups in total. The molecule has 2 aliphatic rings. The van der Waals surface area contributed by atoms with Gasteiger partial charge in [0.15, 0.2) is 5.78 Å². The molecule has 0 unspecified atom stereocenters. The molecule has 2 aromatic carbocycles. The van der Waals surface area contributed by atoms with Crippen LogP contribution in [0.25, 0.3) is 10.8 Å². The standard InChI is InChI=1S/C27H24BrNO.C2H6/c1-17-15-20-9-4-5-10-21(20)16-26(17)29-18(2)22-11-6-7-12-24-25(28)14-8-13-23(19(3)30)27(22)24;1-2/h4-11,13,15-16H,12,14H2,1-3H3;1-2H3. The number of halogens is 1. The van der Waals surface area contributed by atoms with E-state index in [1.165, 1.54) is 10.8 Å². The Morgan fingerprint density at radius 2 is 1.69 bits per heavy atom. The average molecular weight is 488 g/mol. The van der Waals surface area contributed by atoms with Crippen LogP contribution in [0.3, 0.4) is 0 Å². The summed E-state index contributed by atoms with van der Waals surface area (Å²) in [5, 5.41) is 2.39. The zero-order chi connectivity index (χ0) is 23.3. The van der Waals surface area contributed by atoms with Gasteiger partial charge in [-0.1, -0.05) is 84.4 Å². The lowest BCUT2D eigenvalue weighted by atomic mass is 9.88. The molecule has 0 saturated carbocycles. The number of rotatable bonds is 3. The molecule has 32 heavy (non-hydrogen) atoms. The monoisotopic (exact) mass is 487 g/mol. The molecular weight excluding hydrogens is 458 g/mol. The summed E-state index contributed by atoms with van der Waals surface area (Å²) in [6, 6.07) is 12.7. The van der Waals surface area contributed by atoms with E-state index in [0.717, 1.165) is 56.6 Å². The summed E-state index contributed by atoms with van der Waals surface area (Å²) in [5.41, 5.74) is 6.90. The van der Waals surface area contributed by atoms with Crippen molar-refractivity contribution in [2.24, 2.45) is 4.99 Å². The Balaban J connectivity index is 0.00000141. The zero-order valence-electron chi connectivity index (χ0n) is 19.5. The van der Waals surface area contributed by atoms with Crippen LogP contribution in [0.15, 0.2) is 98.5 Å². The molecule has 0 bridgehead atoms. The Morgan fingerprint density at radius 3 is 2.38 bits per heavy atom. The number of aryl methyl sites for hydroxylation is 1. The van der Waals surface area contributed by atoms with Crippen molar-refractivity contribution in [3.05, 3.63) is 99.1 Å². The Morgan fingerprint density at radius 1 is 1.00 bits per heavy atom. The zero-order valence-corrected chi connectivity index (χ0v) is 21.1. The molecule has 164 valence electrons. The maximum atomic E-state index is 12.5. The van der Waals surface area contributed by atoms with Gasteiger partial charge in [0.05, 0.1) is 5.69 Å². The van der Waals surface area contributed by atoms with E-state index in [2.05, 4.69) is 77.5 Å². The van der Waals surface area contributed by atoms with Crippen molar-refractivity contribution < 1.29 is 4.79 Å². The third-order valence-electron chi connectivity index (χ3n) is 5.59. The molecule has 0 fully saturated rings. The lowest BCUT2D eigenvalue weighted by Crippen LogP contribution is -2.09. The largest absolute Gasteiger partial charge is 0.294 e. The highest BCUT2D eigenvalue weighted by molar-refractivity contribution is 9.11. The van der Waals surface area contributed by atoms with Gasteiger partial charge in [-0.3, -0.25) is 9.79 Å². The Hall–Kier alpha value is -2.78. The molecule has 2 aromatic rings. The van der Waals surface area contributed by atoms with Crippen LogP contribution < -0.4 is 0 Å². The topological polar surface area (TPSA) is 29.4 Å². The van der Waals surface area contributed by atoms with Crippen LogP contribution in [0.2, 0.25) is 0 Å². The molecule has 0 aliphatic heterocycles. The maximum absolute atomic E-state index is 12.5. The number of benzene rings is 2. The number of hydrogen-bond acceptors (Lipinski definition) is 2. The van der Waals surface area contributed by atoms with E-state index >= 15 is 0 Å². The first-order valence-corrected chi connectivity index (χ1v) is 12.0. The van der Waals surface area contributed by atoms with Gasteiger partial charge in [0.2, 0.25) is 0 Å². The molecule has 2 aliphatic carbocycles. The van der Waals surface area contributed by atoms with Crippen LogP contribution in [0.4, 0.5) is 5.69 Å². The van der Waals surface area contributed by atoms with Crippen LogP contribution in [0.1, 0.15) is 46.1 Å². The number of Topliss-reactive ketones (excluding diaryl/α,β-unsaturated/α-hetero) is 1. The highest BCUT2D eigenvalue weighted by atomic mass is 79.9. The van der Waals surface area contributed by atoms with Gasteiger partial charge < -0.3 is 0 Å². The summed E-state index contributed by atoms with van der Waals surface area (Å²) in [4.78, 5) is 17.5. The van der Waals surface area contributed by atoms with Gasteiger partial charge >= 0.3 is 0 Å². The average Bonchev–Trinajstić information content (AvgIpc) is 3.09. The predicted octanol–water partition coefficient (Wildman–Crippen LogP) is 8.65. The fourth-order valence-electron chi connectivity index (χ4n) is 4.04. The van der Waals surface area contributed by atoms with Crippen LogP contribution in [0, 0.1) is 6.92 Å². The van der Waals surface area contributed by atoms with E-state index < -0.39 is 0 Å². The number of fused-ring (bicyclic) bond motifs is 2. The fourth-order valence-corrected chi connectivity index (χ4v) is 4.58. The number of ketones is 1. The maximum Gasteiger partial charge on any atom is 0.160 e. The third kappa shape index (κ3) is 4.99. The van der Waals surface area contributed by atoms with Crippen LogP contribution in [0.5, 0.6) is 0 Å². The summed E-state index contributed by atoms with van der Waals surface area (Å²) >= 11 is 3.76. The van der Waals surface area contributed by atoms with E-state index in [1.54, 1.807) is 6.92 Å². The molecule has 0 saturated heterocycles. The molecule has 3 heteroatoms. The first kappa shape index (κ1) is 23.9. The molecule has 0 radical (unpaired) electrons. The normalized spacial score (nSPS) is 16.2. The Kier molecular flexibility index (Phi) is 7.98. The Bertz CT molecular complexity index is 1240. The third-order valence-corrected chi connectivity index (χ3v) is 6.39. The smallest absolute Gasteiger partial charge is 0.160 e. The minimum absolute atomic E-state index is 0.0726. The Labute approximate surface area is 200 Å². The minimum Gasteiger partial charge on any atom is -0.294 e. The van der Waals surface area contributed by atoms with Crippen LogP contribution in [-0.4, -0.2) is 11.5 Å². The molecule has 0 aromatic heterocycles. The lowest BCUT2D eigenvalue weighted by molar-refractivity contribution is -0.113. The first-order chi connectivity index (χ1) is 15.5. The predicted molar refractivity (Wildman–Crippen MR) is 142 cm³/mol. The second kappa shape index (κ2) is 10.7. The SMILES string of the molecule is CC.CC(=O)C1=C2C(C(C)=Nc3cc4ccccc4cc3C)=CC=CCC2=C(Br)CC=C1. The molecule has 4 rings (SSSR count). The van der Waals surface area contributed by atoms with Crippen molar-refractivity contribution in [3.8, 4) is 0 Å². The second-order valence-electron chi connectivity index (χ2n) is 7.73. The quantitative estimate of drug-likeness (QED) is 0.398. The molecule has 0 spiro atoms. The number of allylic oxidation sites excluding steroid dienone is 10. The molecule has 2 nitrogen and oxygen atoms in total. The van der Waals surface area contributed by atoms with E-state index in [-0.39, 0.29) is 5.78 Å². The summed E-state index contributed by atoms with van der Waals surface area (Å²) in [7, 11) is 0. The van der Waals surface area contributed by atoms with Crippen molar-refractivity contribution in [1.82, 2.24) is 0 Å². The summed E-state index contributed by atoms with van der Waals surface area (Å²) in [6.07, 6.45) is 11.9. The van der Waals surface area contributed by atoms with Crippen LogP contribution in [-0.2, 0) is 4.79 Å². The van der Waals surface area contributed by atoms with E-state index in [1.807, 2.05) is 32.9 Å². The van der Waals surface area contributed by atoms with Gasteiger partial charge in [0.1, 0.15) is 0 Å². The van der Waals surface area contributed by atoms with Gasteiger partial charge in [-0.25, -0.2) is 0 Å². The van der Waals surface area contributed by atoms with E-state index in [4.69, 9.17) is 4.99 Å². The summed E-state index contributed by atoms with van der Waals surface area (Å²) in [6.45, 7) is 9.76. The highest BCUT2D eigenvalue weighted by Crippen LogP contribution is 2.38. The van der Waals surface area contributed by atoms with Crippen molar-refractivity contribution in [2.45, 2.75) is 47.5 Å². The first-order valence-electron chi connectivity index (χ1n) is 11.2. The highest BCUT2D eigenvalue weighted by Gasteiger charge is 2.23. The van der Waals surface area contributed by atoms with Gasteiger partial charge in [0, 0.05) is 21.3 Å². The fraction of sp³-hybridized carbons (Fsp3) is 0.241. The van der Waals surface area contributed by atoms with Gasteiger partial charge in [-0.15, -0.1) is 0 Å². The van der Waals surface area contributed by atoms with E-state index in [0.29, 0.717) is 0 Å². The number of hydrogen-bond donors (Lipinski definition) is 0. The molecule has 0 amide bonds. The second-order valence-corrected chi connectivity index (χ2v) is 8.69. The minimum atomic E-state index is 0.0726. The van der Waals surface area contributed by atoms with Gasteiger partial charge in [-0.05, 0) is 73.2 Å². The van der Waals surface area contributed by atoms with Gasteiger partial charge in [-0.2, -0.15) is 0 Å². The molecule has 0 heterocycles. The van der Waals surface area contributed by atoms with Crippen molar-refractivity contribution in [1.29, 1.82) is 0 Å². The number of aliphatic imine (C=N–C) groups is 1. The number of carbonyl (C=O) groups excluding carboxylic acids is 1. The van der Waals surface area contributed by atoms with Gasteiger partial charge in [0.25, 0.3) is 0 Å². The van der Waals surface area contributed by atoms with Crippen molar-refractivity contribution >= 4 is 43.9 Å².